The first-order valence-electron chi connectivity index (χ1n) is 7.55. The average Bonchev–Trinajstić information content (AvgIpc) is 2.88. The topological polar surface area (TPSA) is 66.8 Å². The minimum atomic E-state index is -0.251. The van der Waals surface area contributed by atoms with Crippen LogP contribution in [0.15, 0.2) is 59.7 Å². The first-order valence-corrected chi connectivity index (χ1v) is 7.55. The first kappa shape index (κ1) is 15.2. The third-order valence-electron chi connectivity index (χ3n) is 3.98. The molecule has 0 aliphatic carbocycles. The monoisotopic (exact) mass is 310 g/mol. The standard InChI is InChI=1S/C19H18O4/c20-16-7-4-14(5-8-16)10-15-12-23-19(22)18(15)9-6-13-2-1-3-17(21)11-13/h1-5,7-8,11,20-21H,6,9-10,12H2. The fourth-order valence-electron chi connectivity index (χ4n) is 2.75. The van der Waals surface area contributed by atoms with E-state index < -0.39 is 0 Å². The SMILES string of the molecule is O=C1OCC(Cc2ccc(O)cc2)=C1CCc1cccc(O)c1. The summed E-state index contributed by atoms with van der Waals surface area (Å²) in [6.45, 7) is 0.328. The molecule has 2 aromatic rings. The van der Waals surface area contributed by atoms with Crippen molar-refractivity contribution in [2.45, 2.75) is 19.3 Å². The van der Waals surface area contributed by atoms with E-state index in [-0.39, 0.29) is 17.5 Å². The lowest BCUT2D eigenvalue weighted by atomic mass is 9.97. The van der Waals surface area contributed by atoms with E-state index in [4.69, 9.17) is 4.74 Å². The summed E-state index contributed by atoms with van der Waals surface area (Å²) in [7, 11) is 0. The number of carbonyl (C=O) groups excluding carboxylic acids is 1. The fourth-order valence-corrected chi connectivity index (χ4v) is 2.75. The zero-order chi connectivity index (χ0) is 16.2. The Morgan fingerprint density at radius 1 is 0.913 bits per heavy atom. The molecule has 4 heteroatoms. The molecule has 1 aliphatic heterocycles. The first-order chi connectivity index (χ1) is 11.1. The molecular weight excluding hydrogens is 292 g/mol. The zero-order valence-corrected chi connectivity index (χ0v) is 12.7. The number of cyclic esters (lactones) is 1. The number of aromatic hydroxyl groups is 2. The van der Waals surface area contributed by atoms with Crippen LogP contribution in [0.2, 0.25) is 0 Å². The van der Waals surface area contributed by atoms with E-state index in [0.717, 1.165) is 22.3 Å². The Bertz CT molecular complexity index is 744. The van der Waals surface area contributed by atoms with E-state index in [1.807, 2.05) is 18.2 Å². The van der Waals surface area contributed by atoms with Crippen molar-refractivity contribution in [2.24, 2.45) is 0 Å². The van der Waals surface area contributed by atoms with Crippen LogP contribution in [0.3, 0.4) is 0 Å². The van der Waals surface area contributed by atoms with Gasteiger partial charge >= 0.3 is 5.97 Å². The molecule has 1 aliphatic rings. The zero-order valence-electron chi connectivity index (χ0n) is 12.7. The molecule has 0 saturated carbocycles. The summed E-state index contributed by atoms with van der Waals surface area (Å²) in [5, 5.41) is 18.8. The number of phenolic OH excluding ortho intramolecular Hbond substituents is 2. The molecule has 2 aromatic carbocycles. The molecule has 4 nitrogen and oxygen atoms in total. The molecule has 2 N–H and O–H groups in total. The van der Waals surface area contributed by atoms with Crippen molar-refractivity contribution >= 4 is 5.97 Å². The van der Waals surface area contributed by atoms with Gasteiger partial charge in [0.05, 0.1) is 0 Å². The highest BCUT2D eigenvalue weighted by Gasteiger charge is 2.24. The predicted molar refractivity (Wildman–Crippen MR) is 86.2 cm³/mol. The van der Waals surface area contributed by atoms with E-state index in [1.165, 1.54) is 0 Å². The van der Waals surface area contributed by atoms with E-state index in [1.54, 1.807) is 30.3 Å². The maximum absolute atomic E-state index is 11.9. The Labute approximate surface area is 134 Å². The second kappa shape index (κ2) is 6.57. The van der Waals surface area contributed by atoms with Gasteiger partial charge in [0.1, 0.15) is 18.1 Å². The van der Waals surface area contributed by atoms with Crippen LogP contribution in [-0.4, -0.2) is 22.8 Å². The molecule has 23 heavy (non-hydrogen) atoms. The van der Waals surface area contributed by atoms with Crippen LogP contribution in [0.1, 0.15) is 17.5 Å². The molecule has 1 heterocycles. The highest BCUT2D eigenvalue weighted by atomic mass is 16.5. The Morgan fingerprint density at radius 3 is 2.43 bits per heavy atom. The number of hydrogen-bond donors (Lipinski definition) is 2. The smallest absolute Gasteiger partial charge is 0.334 e. The number of esters is 1. The third kappa shape index (κ3) is 3.72. The van der Waals surface area contributed by atoms with Crippen molar-refractivity contribution in [1.82, 2.24) is 0 Å². The Balaban J connectivity index is 1.73. The van der Waals surface area contributed by atoms with Crippen LogP contribution >= 0.6 is 0 Å². The molecular formula is C19H18O4. The summed E-state index contributed by atoms with van der Waals surface area (Å²) in [5.74, 6) is 0.208. The van der Waals surface area contributed by atoms with Gasteiger partial charge in [-0.3, -0.25) is 0 Å². The Hall–Kier alpha value is -2.75. The molecule has 0 radical (unpaired) electrons. The molecule has 0 saturated heterocycles. The van der Waals surface area contributed by atoms with Crippen LogP contribution in [0.5, 0.6) is 11.5 Å². The quantitative estimate of drug-likeness (QED) is 0.833. The van der Waals surface area contributed by atoms with Crippen molar-refractivity contribution in [3.05, 3.63) is 70.8 Å². The van der Waals surface area contributed by atoms with Crippen LogP contribution in [0.25, 0.3) is 0 Å². The van der Waals surface area contributed by atoms with Crippen molar-refractivity contribution in [3.8, 4) is 11.5 Å². The highest BCUT2D eigenvalue weighted by Crippen LogP contribution is 2.25. The molecule has 0 fully saturated rings. The second-order valence-corrected chi connectivity index (χ2v) is 5.67. The predicted octanol–water partition coefficient (Wildman–Crippen LogP) is 3.13. The van der Waals surface area contributed by atoms with Crippen molar-refractivity contribution < 1.29 is 19.7 Å². The van der Waals surface area contributed by atoms with E-state index >= 15 is 0 Å². The van der Waals surface area contributed by atoms with Gasteiger partial charge in [-0.1, -0.05) is 24.3 Å². The maximum Gasteiger partial charge on any atom is 0.334 e. The summed E-state index contributed by atoms with van der Waals surface area (Å²) in [4.78, 5) is 11.9. The van der Waals surface area contributed by atoms with Crippen LogP contribution < -0.4 is 0 Å². The number of aryl methyl sites for hydroxylation is 1. The van der Waals surface area contributed by atoms with E-state index in [2.05, 4.69) is 0 Å². The van der Waals surface area contributed by atoms with Crippen molar-refractivity contribution in [1.29, 1.82) is 0 Å². The lowest BCUT2D eigenvalue weighted by Crippen LogP contribution is -2.01. The van der Waals surface area contributed by atoms with Gasteiger partial charge in [0, 0.05) is 5.57 Å². The summed E-state index contributed by atoms with van der Waals surface area (Å²) in [6.07, 6.45) is 1.91. The molecule has 0 bridgehead atoms. The molecule has 0 aromatic heterocycles. The average molecular weight is 310 g/mol. The van der Waals surface area contributed by atoms with Gasteiger partial charge in [-0.2, -0.15) is 0 Å². The second-order valence-electron chi connectivity index (χ2n) is 5.67. The molecule has 3 rings (SSSR count). The Kier molecular flexibility index (Phi) is 4.33. The van der Waals surface area contributed by atoms with Crippen LogP contribution in [-0.2, 0) is 22.4 Å². The number of rotatable bonds is 5. The molecule has 0 unspecified atom stereocenters. The molecule has 0 spiro atoms. The third-order valence-corrected chi connectivity index (χ3v) is 3.98. The summed E-state index contributed by atoms with van der Waals surface area (Å²) in [5.41, 5.74) is 3.73. The fraction of sp³-hybridized carbons (Fsp3) is 0.211. The number of benzene rings is 2. The molecule has 0 amide bonds. The van der Waals surface area contributed by atoms with Gasteiger partial charge in [-0.25, -0.2) is 4.79 Å². The minimum Gasteiger partial charge on any atom is -0.508 e. The number of ether oxygens (including phenoxy) is 1. The lowest BCUT2D eigenvalue weighted by Gasteiger charge is -2.05. The van der Waals surface area contributed by atoms with Gasteiger partial charge in [-0.05, 0) is 60.2 Å². The van der Waals surface area contributed by atoms with Crippen molar-refractivity contribution in [2.75, 3.05) is 6.61 Å². The van der Waals surface area contributed by atoms with Crippen molar-refractivity contribution in [3.63, 3.8) is 0 Å². The summed E-state index contributed by atoms with van der Waals surface area (Å²) < 4.78 is 5.17. The van der Waals surface area contributed by atoms with Gasteiger partial charge < -0.3 is 14.9 Å². The van der Waals surface area contributed by atoms with Crippen LogP contribution in [0, 0.1) is 0 Å². The Morgan fingerprint density at radius 2 is 1.70 bits per heavy atom. The van der Waals surface area contributed by atoms with Gasteiger partial charge in [0.2, 0.25) is 0 Å². The normalized spacial score (nSPS) is 14.2. The number of carbonyl (C=O) groups is 1. The van der Waals surface area contributed by atoms with E-state index in [0.29, 0.717) is 25.9 Å². The van der Waals surface area contributed by atoms with Gasteiger partial charge in [0.15, 0.2) is 0 Å². The van der Waals surface area contributed by atoms with Gasteiger partial charge in [0.25, 0.3) is 0 Å². The highest BCUT2D eigenvalue weighted by molar-refractivity contribution is 5.91. The van der Waals surface area contributed by atoms with Crippen LogP contribution in [0.4, 0.5) is 0 Å². The molecule has 0 atom stereocenters. The lowest BCUT2D eigenvalue weighted by molar-refractivity contribution is -0.136. The minimum absolute atomic E-state index is 0.227. The largest absolute Gasteiger partial charge is 0.508 e. The number of phenols is 2. The molecule has 118 valence electrons. The summed E-state index contributed by atoms with van der Waals surface area (Å²) in [6, 6.07) is 14.0. The summed E-state index contributed by atoms with van der Waals surface area (Å²) >= 11 is 0. The maximum atomic E-state index is 11.9. The van der Waals surface area contributed by atoms with Gasteiger partial charge in [-0.15, -0.1) is 0 Å². The number of hydrogen-bond acceptors (Lipinski definition) is 4. The van der Waals surface area contributed by atoms with E-state index in [9.17, 15) is 15.0 Å².